The first-order valence-corrected chi connectivity index (χ1v) is 9.95. The van der Waals surface area contributed by atoms with Crippen LogP contribution < -0.4 is 4.72 Å². The van der Waals surface area contributed by atoms with Crippen LogP contribution in [0.4, 0.5) is 36.4 Å². The highest BCUT2D eigenvalue weighted by atomic mass is 32.2. The molecule has 0 fully saturated rings. The minimum Gasteiger partial charge on any atom is -0.276 e. The average molecular weight is 463 g/mol. The number of nitrogens with one attached hydrogen (secondary N) is 1. The van der Waals surface area contributed by atoms with Gasteiger partial charge in [0.25, 0.3) is 10.0 Å². The van der Waals surface area contributed by atoms with Crippen LogP contribution in [0.25, 0.3) is 11.1 Å². The van der Waals surface area contributed by atoms with Gasteiger partial charge in [0.1, 0.15) is 0 Å². The van der Waals surface area contributed by atoms with E-state index in [1.165, 1.54) is 18.2 Å². The third-order valence-electron chi connectivity index (χ3n) is 4.39. The molecule has 0 saturated heterocycles. The molecule has 0 bridgehead atoms. The summed E-state index contributed by atoms with van der Waals surface area (Å²) in [7, 11) is -4.63. The van der Waals surface area contributed by atoms with Gasteiger partial charge in [0.15, 0.2) is 23.3 Å². The molecule has 11 heteroatoms. The number of halogens is 7. The quantitative estimate of drug-likeness (QED) is 0.291. The number of hydrogen-bond donors (Lipinski definition) is 1. The summed E-state index contributed by atoms with van der Waals surface area (Å²) in [5, 5.41) is 0. The fourth-order valence-electron chi connectivity index (χ4n) is 2.87. The van der Waals surface area contributed by atoms with Crippen LogP contribution in [0.3, 0.4) is 0 Å². The summed E-state index contributed by atoms with van der Waals surface area (Å²) in [4.78, 5) is -0.426. The van der Waals surface area contributed by atoms with E-state index in [1.807, 2.05) is 0 Å². The van der Waals surface area contributed by atoms with Gasteiger partial charge in [-0.3, -0.25) is 4.72 Å². The molecule has 31 heavy (non-hydrogen) atoms. The van der Waals surface area contributed by atoms with Gasteiger partial charge >= 0.3 is 6.18 Å². The van der Waals surface area contributed by atoms with E-state index < -0.39 is 66.7 Å². The van der Waals surface area contributed by atoms with Gasteiger partial charge in [0.2, 0.25) is 0 Å². The van der Waals surface area contributed by atoms with Crippen LogP contribution >= 0.6 is 0 Å². The second-order valence-corrected chi connectivity index (χ2v) is 8.13. The third kappa shape index (κ3) is 4.22. The van der Waals surface area contributed by atoms with Crippen LogP contribution in [0.15, 0.2) is 53.4 Å². The van der Waals surface area contributed by atoms with Gasteiger partial charge in [-0.15, -0.1) is 0 Å². The molecule has 0 atom stereocenters. The highest BCUT2D eigenvalue weighted by Crippen LogP contribution is 2.40. The van der Waals surface area contributed by atoms with Crippen LogP contribution in [0.1, 0.15) is 11.1 Å². The van der Waals surface area contributed by atoms with E-state index in [-0.39, 0.29) is 5.56 Å². The van der Waals surface area contributed by atoms with Crippen molar-refractivity contribution in [2.75, 3.05) is 4.72 Å². The predicted molar refractivity (Wildman–Crippen MR) is 98.7 cm³/mol. The Labute approximate surface area is 172 Å². The monoisotopic (exact) mass is 463 g/mol. The van der Waals surface area contributed by atoms with E-state index >= 15 is 0 Å². The number of anilines is 1. The summed E-state index contributed by atoms with van der Waals surface area (Å²) >= 11 is 0. The Bertz CT molecular complexity index is 1260. The van der Waals surface area contributed by atoms with Crippen LogP contribution in [-0.4, -0.2) is 8.42 Å². The lowest BCUT2D eigenvalue weighted by Gasteiger charge is -2.18. The molecule has 3 aromatic rings. The molecule has 3 rings (SSSR count). The maximum atomic E-state index is 14.6. The van der Waals surface area contributed by atoms with Crippen LogP contribution in [0, 0.1) is 30.2 Å². The number of hydrogen-bond acceptors (Lipinski definition) is 2. The molecule has 0 radical (unpaired) electrons. The molecule has 3 aromatic carbocycles. The van der Waals surface area contributed by atoms with Gasteiger partial charge in [0.05, 0.1) is 16.1 Å². The normalized spacial score (nSPS) is 12.1. The number of rotatable bonds is 4. The second kappa shape index (κ2) is 7.88. The molecule has 0 heterocycles. The molecule has 164 valence electrons. The summed E-state index contributed by atoms with van der Waals surface area (Å²) in [5.41, 5.74) is -4.80. The molecule has 0 aliphatic carbocycles. The van der Waals surface area contributed by atoms with E-state index in [9.17, 15) is 39.2 Å². The number of alkyl halides is 3. The molecular formula is C20H12F7NO2S. The summed E-state index contributed by atoms with van der Waals surface area (Å²) in [6, 6.07) is 8.47. The van der Waals surface area contributed by atoms with Crippen LogP contribution in [-0.2, 0) is 16.2 Å². The zero-order valence-corrected chi connectivity index (χ0v) is 16.3. The first-order valence-electron chi connectivity index (χ1n) is 8.46. The Morgan fingerprint density at radius 2 is 1.39 bits per heavy atom. The fraction of sp³-hybridized carbons (Fsp3) is 0.100. The van der Waals surface area contributed by atoms with Crippen molar-refractivity contribution in [2.45, 2.75) is 18.0 Å². The van der Waals surface area contributed by atoms with Gasteiger partial charge in [-0.25, -0.2) is 26.0 Å². The Kier molecular flexibility index (Phi) is 5.74. The zero-order chi connectivity index (χ0) is 23.1. The summed E-state index contributed by atoms with van der Waals surface area (Å²) in [5.74, 6) is -8.79. The number of benzene rings is 3. The van der Waals surface area contributed by atoms with Gasteiger partial charge in [-0.1, -0.05) is 30.3 Å². The summed E-state index contributed by atoms with van der Waals surface area (Å²) in [6.07, 6.45) is -4.89. The molecule has 0 saturated carbocycles. The Balaban J connectivity index is 2.30. The first kappa shape index (κ1) is 22.6. The average Bonchev–Trinajstić information content (AvgIpc) is 2.71. The van der Waals surface area contributed by atoms with E-state index in [4.69, 9.17) is 0 Å². The van der Waals surface area contributed by atoms with Crippen LogP contribution in [0.2, 0.25) is 0 Å². The van der Waals surface area contributed by atoms with E-state index in [2.05, 4.69) is 0 Å². The minimum atomic E-state index is -4.89. The molecule has 0 spiro atoms. The highest BCUT2D eigenvalue weighted by molar-refractivity contribution is 7.92. The van der Waals surface area contributed by atoms with E-state index in [1.54, 1.807) is 4.72 Å². The Morgan fingerprint density at radius 1 is 0.806 bits per heavy atom. The third-order valence-corrected chi connectivity index (χ3v) is 5.75. The van der Waals surface area contributed by atoms with Crippen molar-refractivity contribution >= 4 is 15.7 Å². The van der Waals surface area contributed by atoms with Gasteiger partial charge < -0.3 is 0 Å². The molecule has 0 aliphatic rings. The lowest BCUT2D eigenvalue weighted by molar-refractivity contribution is -0.138. The summed E-state index contributed by atoms with van der Waals surface area (Å²) in [6.45, 7) is 1.10. The largest absolute Gasteiger partial charge is 0.416 e. The van der Waals surface area contributed by atoms with Crippen LogP contribution in [0.5, 0.6) is 0 Å². The zero-order valence-electron chi connectivity index (χ0n) is 15.5. The molecule has 3 nitrogen and oxygen atoms in total. The maximum Gasteiger partial charge on any atom is 0.416 e. The SMILES string of the molecule is Cc1ccc(-c2c(F)c(F)c(F)c(F)c2NS(=O)(=O)c2ccccc2)cc1C(F)(F)F. The topological polar surface area (TPSA) is 46.2 Å². The number of aryl methyl sites for hydroxylation is 1. The van der Waals surface area contributed by atoms with Crippen molar-refractivity contribution < 1.29 is 39.2 Å². The Morgan fingerprint density at radius 3 is 1.97 bits per heavy atom. The Hall–Kier alpha value is -3.08. The van der Waals surface area contributed by atoms with Crippen molar-refractivity contribution in [2.24, 2.45) is 0 Å². The van der Waals surface area contributed by atoms with Gasteiger partial charge in [-0.05, 0) is 36.2 Å². The fourth-order valence-corrected chi connectivity index (χ4v) is 3.97. The van der Waals surface area contributed by atoms with Crippen molar-refractivity contribution in [1.82, 2.24) is 0 Å². The second-order valence-electron chi connectivity index (χ2n) is 6.45. The number of sulfonamides is 1. The molecule has 0 aliphatic heterocycles. The molecule has 0 unspecified atom stereocenters. The first-order chi connectivity index (χ1) is 14.3. The maximum absolute atomic E-state index is 14.6. The lowest BCUT2D eigenvalue weighted by atomic mass is 9.97. The smallest absolute Gasteiger partial charge is 0.276 e. The van der Waals surface area contributed by atoms with Crippen molar-refractivity contribution in [3.05, 3.63) is 82.9 Å². The van der Waals surface area contributed by atoms with Crippen molar-refractivity contribution in [3.63, 3.8) is 0 Å². The van der Waals surface area contributed by atoms with Gasteiger partial charge in [-0.2, -0.15) is 13.2 Å². The van der Waals surface area contributed by atoms with E-state index in [0.717, 1.165) is 31.2 Å². The van der Waals surface area contributed by atoms with Crippen molar-refractivity contribution in [1.29, 1.82) is 0 Å². The lowest BCUT2D eigenvalue weighted by Crippen LogP contribution is -2.17. The standard InChI is InChI=1S/C20H12F7NO2S/c1-10-7-8-11(9-13(10)20(25,26)27)14-15(21)16(22)17(23)18(24)19(14)28-31(29,30)12-5-3-2-4-6-12/h2-9,28H,1H3. The molecule has 0 amide bonds. The summed E-state index contributed by atoms with van der Waals surface area (Å²) < 4.78 is 123. The van der Waals surface area contributed by atoms with E-state index in [0.29, 0.717) is 6.07 Å². The molecule has 1 N–H and O–H groups in total. The molecule has 0 aromatic heterocycles. The predicted octanol–water partition coefficient (Wildman–Crippen LogP) is 6.04. The highest BCUT2D eigenvalue weighted by Gasteiger charge is 2.34. The van der Waals surface area contributed by atoms with Crippen molar-refractivity contribution in [3.8, 4) is 11.1 Å². The van der Waals surface area contributed by atoms with Gasteiger partial charge in [0, 0.05) is 5.56 Å². The molecular weight excluding hydrogens is 451 g/mol. The minimum absolute atomic E-state index is 0.272.